The van der Waals surface area contributed by atoms with Gasteiger partial charge in [0.2, 0.25) is 5.91 Å². The molecule has 1 N–H and O–H groups in total. The van der Waals surface area contributed by atoms with Crippen LogP contribution in [-0.4, -0.2) is 17.7 Å². The number of carbonyl (C=O) groups is 2. The van der Waals surface area contributed by atoms with Crippen molar-refractivity contribution in [2.24, 2.45) is 5.92 Å². The summed E-state index contributed by atoms with van der Waals surface area (Å²) >= 11 is 0. The lowest BCUT2D eigenvalue weighted by Crippen LogP contribution is -2.42. The Labute approximate surface area is 123 Å². The first-order chi connectivity index (χ1) is 10.1. The molecule has 1 aliphatic carbocycles. The maximum Gasteiger partial charge on any atom is 0.245 e. The first kappa shape index (κ1) is 15.2. The summed E-state index contributed by atoms with van der Waals surface area (Å²) in [6.07, 6.45) is 5.02. The van der Waals surface area contributed by atoms with Crippen molar-refractivity contribution in [3.05, 3.63) is 35.6 Å². The molecule has 0 aromatic heterocycles. The van der Waals surface area contributed by atoms with E-state index in [0.29, 0.717) is 0 Å². The van der Waals surface area contributed by atoms with Crippen molar-refractivity contribution in [1.82, 2.24) is 5.32 Å². The molecule has 1 saturated carbocycles. The Kier molecular flexibility index (Phi) is 5.04. The van der Waals surface area contributed by atoms with Crippen molar-refractivity contribution < 1.29 is 14.0 Å². The summed E-state index contributed by atoms with van der Waals surface area (Å²) in [7, 11) is 0. The normalized spacial score (nSPS) is 16.8. The average molecular weight is 288 g/mol. The van der Waals surface area contributed by atoms with Gasteiger partial charge < -0.3 is 5.32 Å². The van der Waals surface area contributed by atoms with Crippen LogP contribution in [0.3, 0.4) is 0 Å². The van der Waals surface area contributed by atoms with Crippen molar-refractivity contribution in [3.63, 3.8) is 0 Å². The third-order valence-electron chi connectivity index (χ3n) is 3.73. The molecule has 4 nitrogen and oxygen atoms in total. The molecule has 1 aromatic rings. The van der Waals surface area contributed by atoms with Gasteiger partial charge in [0.05, 0.1) is 6.07 Å². The fourth-order valence-corrected chi connectivity index (χ4v) is 2.55. The molecular weight excluding hydrogens is 271 g/mol. The lowest BCUT2D eigenvalue weighted by atomic mass is 9.93. The second-order valence-corrected chi connectivity index (χ2v) is 5.28. The Hall–Kier alpha value is -2.22. The topological polar surface area (TPSA) is 70.0 Å². The summed E-state index contributed by atoms with van der Waals surface area (Å²) in [4.78, 5) is 24.3. The molecule has 0 saturated heterocycles. The van der Waals surface area contributed by atoms with Gasteiger partial charge in [0.1, 0.15) is 5.82 Å². The van der Waals surface area contributed by atoms with Crippen LogP contribution in [0, 0.1) is 23.1 Å². The highest BCUT2D eigenvalue weighted by Gasteiger charge is 2.29. The molecule has 0 aliphatic heterocycles. The molecule has 2 rings (SSSR count). The maximum absolute atomic E-state index is 12.8. The van der Waals surface area contributed by atoms with Crippen LogP contribution in [0.1, 0.15) is 42.5 Å². The van der Waals surface area contributed by atoms with Crippen LogP contribution >= 0.6 is 0 Å². The highest BCUT2D eigenvalue weighted by Crippen LogP contribution is 2.18. The number of hydrogen-bond donors (Lipinski definition) is 1. The van der Waals surface area contributed by atoms with Gasteiger partial charge in [0.15, 0.2) is 11.7 Å². The van der Waals surface area contributed by atoms with E-state index in [1.807, 2.05) is 0 Å². The number of ketones is 1. The monoisotopic (exact) mass is 288 g/mol. The Bertz CT molecular complexity index is 557. The Balaban J connectivity index is 2.04. The summed E-state index contributed by atoms with van der Waals surface area (Å²) in [5.74, 6) is -2.99. The third kappa shape index (κ3) is 3.88. The van der Waals surface area contributed by atoms with Crippen LogP contribution in [0.5, 0.6) is 0 Å². The number of hydrogen-bond acceptors (Lipinski definition) is 3. The second kappa shape index (κ2) is 6.98. The number of halogens is 1. The first-order valence-corrected chi connectivity index (χ1v) is 7.11. The van der Waals surface area contributed by atoms with Crippen LogP contribution < -0.4 is 5.32 Å². The summed E-state index contributed by atoms with van der Waals surface area (Å²) in [5, 5.41) is 11.9. The van der Waals surface area contributed by atoms with Gasteiger partial charge in [0.25, 0.3) is 0 Å². The molecule has 0 radical (unpaired) electrons. The molecule has 0 heterocycles. The largest absolute Gasteiger partial charge is 0.352 e. The zero-order valence-electron chi connectivity index (χ0n) is 11.6. The molecule has 0 bridgehead atoms. The highest BCUT2D eigenvalue weighted by atomic mass is 19.1. The van der Waals surface area contributed by atoms with Crippen LogP contribution in [0.25, 0.3) is 0 Å². The molecule has 0 spiro atoms. The SMILES string of the molecule is N#C[C@@H](C(=O)NC1CCCCC1)C(=O)c1ccc(F)cc1. The van der Waals surface area contributed by atoms with Crippen molar-refractivity contribution in [3.8, 4) is 6.07 Å². The fourth-order valence-electron chi connectivity index (χ4n) is 2.55. The lowest BCUT2D eigenvalue weighted by Gasteiger charge is -2.23. The number of amides is 1. The van der Waals surface area contributed by atoms with Gasteiger partial charge >= 0.3 is 0 Å². The minimum absolute atomic E-state index is 0.0446. The number of nitriles is 1. The van der Waals surface area contributed by atoms with Gasteiger partial charge in [-0.2, -0.15) is 5.26 Å². The summed E-state index contributed by atoms with van der Waals surface area (Å²) in [6.45, 7) is 0. The first-order valence-electron chi connectivity index (χ1n) is 7.11. The average Bonchev–Trinajstić information content (AvgIpc) is 2.49. The molecule has 1 amide bonds. The molecule has 1 atom stereocenters. The highest BCUT2D eigenvalue weighted by molar-refractivity contribution is 6.12. The van der Waals surface area contributed by atoms with E-state index in [2.05, 4.69) is 5.32 Å². The number of benzene rings is 1. The Morgan fingerprint density at radius 3 is 2.38 bits per heavy atom. The van der Waals surface area contributed by atoms with E-state index in [1.165, 1.54) is 12.1 Å². The number of carbonyl (C=O) groups excluding carboxylic acids is 2. The zero-order valence-corrected chi connectivity index (χ0v) is 11.6. The van der Waals surface area contributed by atoms with Crippen molar-refractivity contribution in [2.45, 2.75) is 38.1 Å². The minimum Gasteiger partial charge on any atom is -0.352 e. The molecule has 0 unspecified atom stereocenters. The van der Waals surface area contributed by atoms with Gasteiger partial charge in [-0.05, 0) is 37.1 Å². The molecule has 5 heteroatoms. The number of rotatable bonds is 4. The van der Waals surface area contributed by atoms with Gasteiger partial charge in [-0.25, -0.2) is 4.39 Å². The van der Waals surface area contributed by atoms with Crippen molar-refractivity contribution in [2.75, 3.05) is 0 Å². The molecule has 1 fully saturated rings. The predicted octanol–water partition coefficient (Wildman–Crippen LogP) is 2.60. The standard InChI is InChI=1S/C16H17FN2O2/c17-12-8-6-11(7-9-12)15(20)14(10-18)16(21)19-13-4-2-1-3-5-13/h6-9,13-14H,1-5H2,(H,19,21)/t14-/m1/s1. The van der Waals surface area contributed by atoms with Gasteiger partial charge in [-0.1, -0.05) is 19.3 Å². The van der Waals surface area contributed by atoms with E-state index < -0.39 is 23.4 Å². The van der Waals surface area contributed by atoms with Crippen LogP contribution in [0.2, 0.25) is 0 Å². The zero-order chi connectivity index (χ0) is 15.2. The molecule has 21 heavy (non-hydrogen) atoms. The minimum atomic E-state index is -1.38. The van der Waals surface area contributed by atoms with Crippen molar-refractivity contribution >= 4 is 11.7 Å². The van der Waals surface area contributed by atoms with Crippen molar-refractivity contribution in [1.29, 1.82) is 5.26 Å². The molecular formula is C16H17FN2O2. The third-order valence-corrected chi connectivity index (χ3v) is 3.73. The second-order valence-electron chi connectivity index (χ2n) is 5.28. The van der Waals surface area contributed by atoms with Gasteiger partial charge in [-0.15, -0.1) is 0 Å². The van der Waals surface area contributed by atoms with Gasteiger partial charge in [0, 0.05) is 11.6 Å². The number of nitrogens with zero attached hydrogens (tertiary/aromatic N) is 1. The van der Waals surface area contributed by atoms with Gasteiger partial charge in [-0.3, -0.25) is 9.59 Å². The van der Waals surface area contributed by atoms with Crippen LogP contribution in [-0.2, 0) is 4.79 Å². The summed E-state index contributed by atoms with van der Waals surface area (Å²) < 4.78 is 12.8. The van der Waals surface area contributed by atoms with E-state index in [-0.39, 0.29) is 11.6 Å². The lowest BCUT2D eigenvalue weighted by molar-refractivity contribution is -0.123. The smallest absolute Gasteiger partial charge is 0.245 e. The number of nitrogens with one attached hydrogen (secondary N) is 1. The molecule has 1 aromatic carbocycles. The quantitative estimate of drug-likeness (QED) is 0.684. The Morgan fingerprint density at radius 1 is 1.19 bits per heavy atom. The fraction of sp³-hybridized carbons (Fsp3) is 0.438. The summed E-state index contributed by atoms with van der Waals surface area (Å²) in [5.41, 5.74) is 0.168. The predicted molar refractivity (Wildman–Crippen MR) is 74.8 cm³/mol. The van der Waals surface area contributed by atoms with E-state index >= 15 is 0 Å². The van der Waals surface area contributed by atoms with E-state index in [9.17, 15) is 14.0 Å². The van der Waals surface area contributed by atoms with Crippen LogP contribution in [0.15, 0.2) is 24.3 Å². The summed E-state index contributed by atoms with van der Waals surface area (Å²) in [6, 6.07) is 6.65. The van der Waals surface area contributed by atoms with E-state index in [0.717, 1.165) is 44.2 Å². The van der Waals surface area contributed by atoms with Crippen LogP contribution in [0.4, 0.5) is 4.39 Å². The molecule has 1 aliphatic rings. The van der Waals surface area contributed by atoms with E-state index in [1.54, 1.807) is 6.07 Å². The Morgan fingerprint density at radius 2 is 1.81 bits per heavy atom. The van der Waals surface area contributed by atoms with E-state index in [4.69, 9.17) is 5.26 Å². The maximum atomic E-state index is 12.8. The molecule has 110 valence electrons. The number of Topliss-reactive ketones (excluding diaryl/α,β-unsaturated/α-hetero) is 1.